The molecule has 0 spiro atoms. The van der Waals surface area contributed by atoms with E-state index in [2.05, 4.69) is 0 Å². The Labute approximate surface area is 103 Å². The van der Waals surface area contributed by atoms with Gasteiger partial charge in [-0.25, -0.2) is 4.39 Å². The number of halogens is 1. The first-order valence-electron chi connectivity index (χ1n) is 5.36. The number of phenols is 1. The Kier molecular flexibility index (Phi) is 3.28. The van der Waals surface area contributed by atoms with E-state index in [4.69, 9.17) is 5.11 Å². The molecule has 0 radical (unpaired) electrons. The number of carbonyl (C=O) groups is 1. The average molecular weight is 246 g/mol. The van der Waals surface area contributed by atoms with Crippen molar-refractivity contribution < 1.29 is 19.4 Å². The quantitative estimate of drug-likeness (QED) is 0.875. The Hall–Kier alpha value is -2.36. The normalized spacial score (nSPS) is 10.3. The summed E-state index contributed by atoms with van der Waals surface area (Å²) in [5.74, 6) is -1.28. The van der Waals surface area contributed by atoms with E-state index in [1.807, 2.05) is 0 Å². The van der Waals surface area contributed by atoms with Crippen molar-refractivity contribution in [1.82, 2.24) is 0 Å². The standard InChI is InChI=1S/C14H11FO3/c15-13-6-1-9(8-14(17)18)7-12(13)10-2-4-11(16)5-3-10/h1-7,16H,8H2,(H,17,18). The van der Waals surface area contributed by atoms with E-state index in [9.17, 15) is 14.3 Å². The highest BCUT2D eigenvalue weighted by Crippen LogP contribution is 2.25. The second kappa shape index (κ2) is 4.87. The second-order valence-corrected chi connectivity index (χ2v) is 3.93. The number of benzene rings is 2. The summed E-state index contributed by atoms with van der Waals surface area (Å²) in [7, 11) is 0. The van der Waals surface area contributed by atoms with Gasteiger partial charge >= 0.3 is 5.97 Å². The minimum absolute atomic E-state index is 0.0980. The lowest BCUT2D eigenvalue weighted by Gasteiger charge is -2.06. The summed E-state index contributed by atoms with van der Waals surface area (Å²) in [6.45, 7) is 0. The highest BCUT2D eigenvalue weighted by Gasteiger charge is 2.08. The van der Waals surface area contributed by atoms with Crippen molar-refractivity contribution in [1.29, 1.82) is 0 Å². The highest BCUT2D eigenvalue weighted by molar-refractivity contribution is 5.72. The van der Waals surface area contributed by atoms with Gasteiger partial charge in [0.1, 0.15) is 11.6 Å². The number of aromatic hydroxyl groups is 1. The molecule has 0 amide bonds. The zero-order valence-corrected chi connectivity index (χ0v) is 9.43. The van der Waals surface area contributed by atoms with Crippen LogP contribution in [0.4, 0.5) is 4.39 Å². The van der Waals surface area contributed by atoms with Gasteiger partial charge in [0, 0.05) is 5.56 Å². The van der Waals surface area contributed by atoms with Gasteiger partial charge in [-0.15, -0.1) is 0 Å². The van der Waals surface area contributed by atoms with Crippen LogP contribution in [0.15, 0.2) is 42.5 Å². The molecule has 0 saturated heterocycles. The summed E-state index contributed by atoms with van der Waals surface area (Å²) in [6.07, 6.45) is -0.147. The van der Waals surface area contributed by atoms with Gasteiger partial charge in [-0.05, 0) is 35.4 Å². The highest BCUT2D eigenvalue weighted by atomic mass is 19.1. The van der Waals surface area contributed by atoms with Crippen molar-refractivity contribution in [2.75, 3.05) is 0 Å². The van der Waals surface area contributed by atoms with Gasteiger partial charge in [0.25, 0.3) is 0 Å². The smallest absolute Gasteiger partial charge is 0.307 e. The third kappa shape index (κ3) is 2.66. The largest absolute Gasteiger partial charge is 0.508 e. The molecule has 18 heavy (non-hydrogen) atoms. The van der Waals surface area contributed by atoms with E-state index in [0.29, 0.717) is 16.7 Å². The van der Waals surface area contributed by atoms with E-state index in [-0.39, 0.29) is 12.2 Å². The van der Waals surface area contributed by atoms with E-state index in [1.165, 1.54) is 30.3 Å². The topological polar surface area (TPSA) is 57.5 Å². The molecule has 2 aromatic carbocycles. The Morgan fingerprint density at radius 2 is 1.78 bits per heavy atom. The fourth-order valence-electron chi connectivity index (χ4n) is 1.72. The molecule has 0 fully saturated rings. The molecule has 2 aromatic rings. The Morgan fingerprint density at radius 3 is 2.39 bits per heavy atom. The number of phenolic OH excluding ortho intramolecular Hbond substituents is 1. The van der Waals surface area contributed by atoms with E-state index < -0.39 is 11.8 Å². The number of carboxylic acid groups (broad SMARTS) is 1. The predicted molar refractivity (Wildman–Crippen MR) is 64.8 cm³/mol. The number of aliphatic carboxylic acids is 1. The number of rotatable bonds is 3. The number of carboxylic acids is 1. The van der Waals surface area contributed by atoms with Crippen LogP contribution in [0.25, 0.3) is 11.1 Å². The van der Waals surface area contributed by atoms with Crippen LogP contribution in [0.5, 0.6) is 5.75 Å². The first-order valence-corrected chi connectivity index (χ1v) is 5.36. The molecule has 0 aliphatic rings. The summed E-state index contributed by atoms with van der Waals surface area (Å²) in [5.41, 5.74) is 1.46. The first-order chi connectivity index (χ1) is 8.56. The molecule has 2 N–H and O–H groups in total. The zero-order valence-electron chi connectivity index (χ0n) is 9.43. The average Bonchev–Trinajstić information content (AvgIpc) is 2.32. The fourth-order valence-corrected chi connectivity index (χ4v) is 1.72. The molecule has 4 heteroatoms. The van der Waals surface area contributed by atoms with Crippen LogP contribution in [0.3, 0.4) is 0 Å². The minimum atomic E-state index is -0.960. The molecule has 0 heterocycles. The summed E-state index contributed by atoms with van der Waals surface area (Å²) in [4.78, 5) is 10.6. The van der Waals surface area contributed by atoms with Crippen molar-refractivity contribution in [3.05, 3.63) is 53.8 Å². The molecule has 3 nitrogen and oxygen atoms in total. The lowest BCUT2D eigenvalue weighted by atomic mass is 10.0. The van der Waals surface area contributed by atoms with Crippen molar-refractivity contribution in [3.63, 3.8) is 0 Å². The third-order valence-electron chi connectivity index (χ3n) is 2.56. The van der Waals surface area contributed by atoms with Crippen molar-refractivity contribution in [3.8, 4) is 16.9 Å². The Balaban J connectivity index is 2.42. The van der Waals surface area contributed by atoms with Crippen LogP contribution in [0.1, 0.15) is 5.56 Å². The molecule has 0 aliphatic carbocycles. The van der Waals surface area contributed by atoms with E-state index in [0.717, 1.165) is 0 Å². The Morgan fingerprint density at radius 1 is 1.11 bits per heavy atom. The molecular formula is C14H11FO3. The van der Waals surface area contributed by atoms with Gasteiger partial charge in [-0.1, -0.05) is 18.2 Å². The summed E-state index contributed by atoms with van der Waals surface area (Å²) in [5, 5.41) is 17.9. The molecule has 0 aromatic heterocycles. The van der Waals surface area contributed by atoms with Gasteiger partial charge in [-0.2, -0.15) is 0 Å². The lowest BCUT2D eigenvalue weighted by molar-refractivity contribution is -0.136. The molecule has 0 bridgehead atoms. The fraction of sp³-hybridized carbons (Fsp3) is 0.0714. The molecule has 0 saturated carbocycles. The maximum atomic E-state index is 13.7. The summed E-state index contributed by atoms with van der Waals surface area (Å²) < 4.78 is 13.7. The van der Waals surface area contributed by atoms with Crippen LogP contribution in [-0.4, -0.2) is 16.2 Å². The predicted octanol–water partition coefficient (Wildman–Crippen LogP) is 2.83. The van der Waals surface area contributed by atoms with Gasteiger partial charge < -0.3 is 10.2 Å². The first kappa shape index (κ1) is 12.1. The Bertz CT molecular complexity index is 576. The van der Waals surface area contributed by atoms with Crippen LogP contribution in [0.2, 0.25) is 0 Å². The molecule has 0 atom stereocenters. The van der Waals surface area contributed by atoms with Gasteiger partial charge in [0.05, 0.1) is 6.42 Å². The second-order valence-electron chi connectivity index (χ2n) is 3.93. The third-order valence-corrected chi connectivity index (χ3v) is 2.56. The minimum Gasteiger partial charge on any atom is -0.508 e. The SMILES string of the molecule is O=C(O)Cc1ccc(F)c(-c2ccc(O)cc2)c1. The van der Waals surface area contributed by atoms with E-state index in [1.54, 1.807) is 12.1 Å². The zero-order chi connectivity index (χ0) is 13.1. The molecule has 92 valence electrons. The van der Waals surface area contributed by atoms with Crippen molar-refractivity contribution in [2.45, 2.75) is 6.42 Å². The summed E-state index contributed by atoms with van der Waals surface area (Å²) >= 11 is 0. The molecule has 0 unspecified atom stereocenters. The van der Waals surface area contributed by atoms with E-state index >= 15 is 0 Å². The van der Waals surface area contributed by atoms with Gasteiger partial charge in [0.15, 0.2) is 0 Å². The van der Waals surface area contributed by atoms with Crippen molar-refractivity contribution >= 4 is 5.97 Å². The van der Waals surface area contributed by atoms with Gasteiger partial charge in [0.2, 0.25) is 0 Å². The maximum Gasteiger partial charge on any atom is 0.307 e. The monoisotopic (exact) mass is 246 g/mol. The van der Waals surface area contributed by atoms with Crippen LogP contribution < -0.4 is 0 Å². The number of hydrogen-bond acceptors (Lipinski definition) is 2. The maximum absolute atomic E-state index is 13.7. The van der Waals surface area contributed by atoms with Crippen LogP contribution in [-0.2, 0) is 11.2 Å². The molecular weight excluding hydrogens is 235 g/mol. The molecule has 0 aliphatic heterocycles. The van der Waals surface area contributed by atoms with Gasteiger partial charge in [-0.3, -0.25) is 4.79 Å². The summed E-state index contributed by atoms with van der Waals surface area (Å²) in [6, 6.07) is 10.3. The number of hydrogen-bond donors (Lipinski definition) is 2. The lowest BCUT2D eigenvalue weighted by Crippen LogP contribution is -2.00. The van der Waals surface area contributed by atoms with Crippen LogP contribution in [0, 0.1) is 5.82 Å². The van der Waals surface area contributed by atoms with Crippen molar-refractivity contribution in [2.24, 2.45) is 0 Å². The van der Waals surface area contributed by atoms with Crippen LogP contribution >= 0.6 is 0 Å². The molecule has 2 rings (SSSR count).